The van der Waals surface area contributed by atoms with E-state index in [-0.39, 0.29) is 24.9 Å². The van der Waals surface area contributed by atoms with Crippen molar-refractivity contribution in [2.45, 2.75) is 25.5 Å². The summed E-state index contributed by atoms with van der Waals surface area (Å²) >= 11 is 0. The highest BCUT2D eigenvalue weighted by molar-refractivity contribution is 5.86. The van der Waals surface area contributed by atoms with E-state index in [9.17, 15) is 4.79 Å². The van der Waals surface area contributed by atoms with E-state index < -0.39 is 5.97 Å². The molecule has 16 heavy (non-hydrogen) atoms. The number of hydrogen-bond donors (Lipinski definition) is 2. The molecule has 1 saturated heterocycles. The van der Waals surface area contributed by atoms with Crippen molar-refractivity contribution in [3.8, 4) is 0 Å². The highest BCUT2D eigenvalue weighted by Gasteiger charge is 2.29. The van der Waals surface area contributed by atoms with Crippen molar-refractivity contribution >= 4 is 5.97 Å². The first-order valence-corrected chi connectivity index (χ1v) is 5.13. The number of nitrogens with zero attached hydrogens (tertiary/aromatic N) is 3. The summed E-state index contributed by atoms with van der Waals surface area (Å²) in [6.45, 7) is 0.742. The Morgan fingerprint density at radius 2 is 2.44 bits per heavy atom. The maximum absolute atomic E-state index is 11.0. The van der Waals surface area contributed by atoms with Gasteiger partial charge in [0.2, 0.25) is 0 Å². The molecule has 0 saturated carbocycles. The van der Waals surface area contributed by atoms with Crippen LogP contribution in [0.4, 0.5) is 0 Å². The Hall–Kier alpha value is -1.47. The summed E-state index contributed by atoms with van der Waals surface area (Å²) in [5.41, 5.74) is 0.374. The molecule has 1 aromatic rings. The van der Waals surface area contributed by atoms with Crippen LogP contribution in [0.1, 0.15) is 35.1 Å². The van der Waals surface area contributed by atoms with Crippen LogP contribution in [-0.2, 0) is 11.3 Å². The number of aliphatic hydroxyl groups is 1. The van der Waals surface area contributed by atoms with Gasteiger partial charge in [-0.2, -0.15) is 0 Å². The van der Waals surface area contributed by atoms with Crippen LogP contribution in [0.25, 0.3) is 0 Å². The minimum absolute atomic E-state index is 0.0830. The Bertz CT molecular complexity index is 384. The van der Waals surface area contributed by atoms with Crippen LogP contribution in [0, 0.1) is 0 Å². The minimum Gasteiger partial charge on any atom is -0.476 e. The van der Waals surface area contributed by atoms with Gasteiger partial charge in [-0.25, -0.2) is 9.48 Å². The number of hydrogen-bond acceptors (Lipinski definition) is 5. The van der Waals surface area contributed by atoms with Gasteiger partial charge in [-0.05, 0) is 12.8 Å². The second-order valence-electron chi connectivity index (χ2n) is 3.58. The van der Waals surface area contributed by atoms with Gasteiger partial charge in [0.05, 0.1) is 13.2 Å². The Labute approximate surface area is 91.6 Å². The van der Waals surface area contributed by atoms with Crippen LogP contribution < -0.4 is 0 Å². The zero-order chi connectivity index (χ0) is 11.5. The van der Waals surface area contributed by atoms with Crippen molar-refractivity contribution in [3.05, 3.63) is 11.4 Å². The van der Waals surface area contributed by atoms with Gasteiger partial charge in [0.25, 0.3) is 0 Å². The summed E-state index contributed by atoms with van der Waals surface area (Å²) < 4.78 is 6.83. The Morgan fingerprint density at radius 1 is 1.62 bits per heavy atom. The number of aromatic nitrogens is 3. The molecule has 1 fully saturated rings. The van der Waals surface area contributed by atoms with Gasteiger partial charge < -0.3 is 14.9 Å². The number of ether oxygens (including phenoxy) is 1. The predicted molar refractivity (Wildman–Crippen MR) is 52.0 cm³/mol. The van der Waals surface area contributed by atoms with Gasteiger partial charge in [-0.1, -0.05) is 5.21 Å². The van der Waals surface area contributed by atoms with Crippen molar-refractivity contribution in [2.75, 3.05) is 13.2 Å². The fourth-order valence-electron chi connectivity index (χ4n) is 1.84. The molecule has 0 radical (unpaired) electrons. The second kappa shape index (κ2) is 4.58. The molecule has 2 rings (SSSR count). The smallest absolute Gasteiger partial charge is 0.358 e. The molecule has 0 amide bonds. The maximum atomic E-state index is 11.0. The van der Waals surface area contributed by atoms with Gasteiger partial charge >= 0.3 is 5.97 Å². The molecule has 0 aromatic carbocycles. The van der Waals surface area contributed by atoms with Crippen LogP contribution in [0.5, 0.6) is 0 Å². The fraction of sp³-hybridized carbons (Fsp3) is 0.667. The van der Waals surface area contributed by atoms with Crippen LogP contribution in [0.3, 0.4) is 0 Å². The third-order valence-electron chi connectivity index (χ3n) is 2.52. The standard InChI is InChI=1S/C9H13N3O4/c13-4-3-12-8(6-2-1-5-16-6)7(9(14)15)10-11-12/h6,13H,1-5H2,(H,14,15). The average Bonchev–Trinajstić information content (AvgIpc) is 2.84. The quantitative estimate of drug-likeness (QED) is 0.740. The molecule has 7 nitrogen and oxygen atoms in total. The van der Waals surface area contributed by atoms with Gasteiger partial charge in [-0.15, -0.1) is 5.10 Å². The molecular formula is C9H13N3O4. The highest BCUT2D eigenvalue weighted by Crippen LogP contribution is 2.29. The summed E-state index contributed by atoms with van der Waals surface area (Å²) in [6, 6.07) is 0. The Balaban J connectivity index is 2.35. The lowest BCUT2D eigenvalue weighted by Crippen LogP contribution is -2.14. The summed E-state index contributed by atoms with van der Waals surface area (Å²) in [5.74, 6) is -1.12. The van der Waals surface area contributed by atoms with Gasteiger partial charge in [0.15, 0.2) is 5.69 Å². The van der Waals surface area contributed by atoms with E-state index in [0.29, 0.717) is 12.3 Å². The molecule has 1 unspecified atom stereocenters. The molecule has 0 bridgehead atoms. The van der Waals surface area contributed by atoms with E-state index in [0.717, 1.165) is 12.8 Å². The lowest BCUT2D eigenvalue weighted by Gasteiger charge is -2.11. The first-order valence-electron chi connectivity index (χ1n) is 5.13. The summed E-state index contributed by atoms with van der Waals surface area (Å²) in [5, 5.41) is 25.2. The first kappa shape index (κ1) is 11.0. The molecule has 0 aliphatic carbocycles. The van der Waals surface area contributed by atoms with Crippen LogP contribution >= 0.6 is 0 Å². The van der Waals surface area contributed by atoms with Gasteiger partial charge in [0.1, 0.15) is 11.8 Å². The van der Waals surface area contributed by atoms with E-state index in [1.807, 2.05) is 0 Å². The molecule has 2 heterocycles. The van der Waals surface area contributed by atoms with Crippen LogP contribution in [0.15, 0.2) is 0 Å². The topological polar surface area (TPSA) is 97.5 Å². The predicted octanol–water partition coefficient (Wildman–Crippen LogP) is -0.180. The van der Waals surface area contributed by atoms with Crippen LogP contribution in [0.2, 0.25) is 0 Å². The molecule has 1 atom stereocenters. The molecule has 1 aliphatic rings. The molecular weight excluding hydrogens is 214 g/mol. The normalized spacial score (nSPS) is 20.2. The number of carbonyl (C=O) groups is 1. The Kier molecular flexibility index (Phi) is 3.16. The summed E-state index contributed by atoms with van der Waals surface area (Å²) in [4.78, 5) is 11.0. The zero-order valence-electron chi connectivity index (χ0n) is 8.67. The number of aromatic carboxylic acids is 1. The van der Waals surface area contributed by atoms with Crippen molar-refractivity contribution < 1.29 is 19.7 Å². The van der Waals surface area contributed by atoms with Gasteiger partial charge in [-0.3, -0.25) is 0 Å². The lowest BCUT2D eigenvalue weighted by atomic mass is 10.1. The molecule has 1 aliphatic heterocycles. The van der Waals surface area contributed by atoms with Gasteiger partial charge in [0, 0.05) is 6.61 Å². The molecule has 7 heteroatoms. The number of aliphatic hydroxyl groups excluding tert-OH is 1. The van der Waals surface area contributed by atoms with E-state index >= 15 is 0 Å². The second-order valence-corrected chi connectivity index (χ2v) is 3.58. The highest BCUT2D eigenvalue weighted by atomic mass is 16.5. The largest absolute Gasteiger partial charge is 0.476 e. The number of carboxylic acids is 1. The number of carboxylic acid groups (broad SMARTS) is 1. The zero-order valence-corrected chi connectivity index (χ0v) is 8.67. The average molecular weight is 227 g/mol. The van der Waals surface area contributed by atoms with E-state index in [4.69, 9.17) is 14.9 Å². The molecule has 1 aromatic heterocycles. The van der Waals surface area contributed by atoms with Crippen molar-refractivity contribution in [3.63, 3.8) is 0 Å². The van der Waals surface area contributed by atoms with Crippen molar-refractivity contribution in [2.24, 2.45) is 0 Å². The van der Waals surface area contributed by atoms with Crippen molar-refractivity contribution in [1.29, 1.82) is 0 Å². The third kappa shape index (κ3) is 1.91. The maximum Gasteiger partial charge on any atom is 0.358 e. The fourth-order valence-corrected chi connectivity index (χ4v) is 1.84. The monoisotopic (exact) mass is 227 g/mol. The summed E-state index contributed by atoms with van der Waals surface area (Å²) in [6.07, 6.45) is 1.39. The SMILES string of the molecule is O=C(O)c1nnn(CCO)c1C1CCCO1. The minimum atomic E-state index is -1.12. The summed E-state index contributed by atoms with van der Waals surface area (Å²) in [7, 11) is 0. The molecule has 0 spiro atoms. The third-order valence-corrected chi connectivity index (χ3v) is 2.52. The molecule has 2 N–H and O–H groups in total. The first-order chi connectivity index (χ1) is 7.74. The van der Waals surface area contributed by atoms with E-state index in [1.165, 1.54) is 4.68 Å². The van der Waals surface area contributed by atoms with Crippen molar-refractivity contribution in [1.82, 2.24) is 15.0 Å². The van der Waals surface area contributed by atoms with E-state index in [2.05, 4.69) is 10.3 Å². The Morgan fingerprint density at radius 3 is 3.00 bits per heavy atom. The van der Waals surface area contributed by atoms with Crippen LogP contribution in [-0.4, -0.2) is 44.4 Å². The van der Waals surface area contributed by atoms with E-state index in [1.54, 1.807) is 0 Å². The molecule has 88 valence electrons. The lowest BCUT2D eigenvalue weighted by molar-refractivity contribution is 0.0671. The number of rotatable bonds is 4.